The van der Waals surface area contributed by atoms with Gasteiger partial charge in [0.25, 0.3) is 0 Å². The first kappa shape index (κ1) is 11.7. The van der Waals surface area contributed by atoms with Gasteiger partial charge in [-0.05, 0) is 17.9 Å². The van der Waals surface area contributed by atoms with Crippen molar-refractivity contribution in [1.82, 2.24) is 5.32 Å². The van der Waals surface area contributed by atoms with Gasteiger partial charge in [-0.25, -0.2) is 0 Å². The molecule has 0 bridgehead atoms. The summed E-state index contributed by atoms with van der Waals surface area (Å²) < 4.78 is 0. The predicted octanol–water partition coefficient (Wildman–Crippen LogP) is -0.955. The van der Waals surface area contributed by atoms with E-state index < -0.39 is 7.12 Å². The highest BCUT2D eigenvalue weighted by molar-refractivity contribution is 6.58. The molecule has 0 radical (unpaired) electrons. The Morgan fingerprint density at radius 2 is 1.93 bits per heavy atom. The van der Waals surface area contributed by atoms with E-state index in [1.807, 2.05) is 6.92 Å². The fraction of sp³-hybridized carbons (Fsp3) is 0.300. The Labute approximate surface area is 89.1 Å². The van der Waals surface area contributed by atoms with Gasteiger partial charge in [-0.1, -0.05) is 24.3 Å². The summed E-state index contributed by atoms with van der Waals surface area (Å²) in [6.45, 7) is 2.48. The topological polar surface area (TPSA) is 69.6 Å². The minimum absolute atomic E-state index is 0.0326. The van der Waals surface area contributed by atoms with Gasteiger partial charge in [-0.2, -0.15) is 0 Å². The van der Waals surface area contributed by atoms with E-state index >= 15 is 0 Å². The summed E-state index contributed by atoms with van der Waals surface area (Å²) in [6, 6.07) is 6.62. The molecule has 1 amide bonds. The van der Waals surface area contributed by atoms with Crippen molar-refractivity contribution in [1.29, 1.82) is 0 Å². The van der Waals surface area contributed by atoms with Gasteiger partial charge in [0.2, 0.25) is 5.91 Å². The van der Waals surface area contributed by atoms with Crippen molar-refractivity contribution in [2.24, 2.45) is 0 Å². The third-order valence-electron chi connectivity index (χ3n) is 2.02. The molecule has 0 aliphatic carbocycles. The Hall–Kier alpha value is -1.33. The van der Waals surface area contributed by atoms with E-state index in [1.54, 1.807) is 24.3 Å². The summed E-state index contributed by atoms with van der Waals surface area (Å²) in [4.78, 5) is 11.2. The Morgan fingerprint density at radius 3 is 2.40 bits per heavy atom. The Morgan fingerprint density at radius 1 is 1.33 bits per heavy atom. The molecule has 4 nitrogen and oxygen atoms in total. The Kier molecular flexibility index (Phi) is 4.33. The number of amides is 1. The second-order valence-corrected chi connectivity index (χ2v) is 3.25. The third kappa shape index (κ3) is 3.73. The molecule has 0 aliphatic heterocycles. The quantitative estimate of drug-likeness (QED) is 0.557. The third-order valence-corrected chi connectivity index (χ3v) is 2.02. The van der Waals surface area contributed by atoms with Crippen molar-refractivity contribution in [2.75, 3.05) is 6.54 Å². The first-order chi connectivity index (χ1) is 7.13. The van der Waals surface area contributed by atoms with Crippen molar-refractivity contribution in [3.05, 3.63) is 29.8 Å². The normalized spacial score (nSPS) is 9.80. The summed E-state index contributed by atoms with van der Waals surface area (Å²) >= 11 is 0. The van der Waals surface area contributed by atoms with E-state index in [0.29, 0.717) is 18.4 Å². The van der Waals surface area contributed by atoms with Crippen LogP contribution in [0.25, 0.3) is 0 Å². The van der Waals surface area contributed by atoms with Crippen molar-refractivity contribution < 1.29 is 14.8 Å². The fourth-order valence-corrected chi connectivity index (χ4v) is 1.25. The molecular formula is C10H14BNO3. The fourth-order valence-electron chi connectivity index (χ4n) is 1.25. The Bertz CT molecular complexity index is 324. The zero-order chi connectivity index (χ0) is 11.3. The largest absolute Gasteiger partial charge is 0.488 e. The molecule has 0 saturated carbocycles. The van der Waals surface area contributed by atoms with Crippen molar-refractivity contribution in [2.45, 2.75) is 13.3 Å². The molecule has 5 heteroatoms. The minimum Gasteiger partial charge on any atom is -0.423 e. The highest BCUT2D eigenvalue weighted by atomic mass is 16.4. The van der Waals surface area contributed by atoms with Gasteiger partial charge in [0.15, 0.2) is 0 Å². The lowest BCUT2D eigenvalue weighted by Gasteiger charge is -2.03. The Balaban J connectivity index is 2.60. The number of nitrogens with one attached hydrogen (secondary N) is 1. The van der Waals surface area contributed by atoms with Gasteiger partial charge < -0.3 is 15.4 Å². The molecule has 15 heavy (non-hydrogen) atoms. The molecule has 0 atom stereocenters. The van der Waals surface area contributed by atoms with Gasteiger partial charge >= 0.3 is 7.12 Å². The van der Waals surface area contributed by atoms with Crippen LogP contribution in [0.15, 0.2) is 24.3 Å². The zero-order valence-electron chi connectivity index (χ0n) is 8.60. The maximum Gasteiger partial charge on any atom is 0.488 e. The van der Waals surface area contributed by atoms with E-state index in [4.69, 9.17) is 10.0 Å². The van der Waals surface area contributed by atoms with Crippen LogP contribution in [0.2, 0.25) is 0 Å². The zero-order valence-corrected chi connectivity index (χ0v) is 8.60. The number of rotatable bonds is 4. The van der Waals surface area contributed by atoms with Gasteiger partial charge in [-0.15, -0.1) is 0 Å². The van der Waals surface area contributed by atoms with Crippen molar-refractivity contribution >= 4 is 18.5 Å². The summed E-state index contributed by atoms with van der Waals surface area (Å²) in [5.41, 5.74) is 1.28. The second-order valence-electron chi connectivity index (χ2n) is 3.25. The van der Waals surface area contributed by atoms with Crippen LogP contribution in [0.4, 0.5) is 0 Å². The number of likely N-dealkylation sites (N-methyl/N-ethyl adjacent to an activating group) is 1. The molecule has 0 unspecified atom stereocenters. The number of benzene rings is 1. The minimum atomic E-state index is -1.46. The van der Waals surface area contributed by atoms with Crippen LogP contribution in [0.5, 0.6) is 0 Å². The molecule has 3 N–H and O–H groups in total. The number of hydrogen-bond donors (Lipinski definition) is 3. The van der Waals surface area contributed by atoms with Gasteiger partial charge in [-0.3, -0.25) is 4.79 Å². The molecule has 1 aromatic rings. The molecule has 80 valence electrons. The molecule has 1 rings (SSSR count). The average Bonchev–Trinajstić information content (AvgIpc) is 2.18. The van der Waals surface area contributed by atoms with Crippen LogP contribution < -0.4 is 10.8 Å². The number of hydrogen-bond acceptors (Lipinski definition) is 3. The van der Waals surface area contributed by atoms with Crippen LogP contribution in [0.3, 0.4) is 0 Å². The molecule has 0 aliphatic rings. The average molecular weight is 207 g/mol. The summed E-state index contributed by atoms with van der Waals surface area (Å²) in [7, 11) is -1.46. The van der Waals surface area contributed by atoms with Crippen LogP contribution >= 0.6 is 0 Å². The first-order valence-electron chi connectivity index (χ1n) is 4.85. The lowest BCUT2D eigenvalue weighted by atomic mass is 9.80. The van der Waals surface area contributed by atoms with E-state index in [9.17, 15) is 4.79 Å². The molecular weight excluding hydrogens is 193 g/mol. The lowest BCUT2D eigenvalue weighted by Crippen LogP contribution is -2.30. The van der Waals surface area contributed by atoms with E-state index in [2.05, 4.69) is 5.32 Å². The van der Waals surface area contributed by atoms with Crippen molar-refractivity contribution in [3.63, 3.8) is 0 Å². The molecule has 0 heterocycles. The van der Waals surface area contributed by atoms with E-state index in [-0.39, 0.29) is 5.91 Å². The maximum atomic E-state index is 11.2. The highest BCUT2D eigenvalue weighted by Crippen LogP contribution is 1.98. The van der Waals surface area contributed by atoms with Gasteiger partial charge in [0.1, 0.15) is 0 Å². The van der Waals surface area contributed by atoms with Crippen LogP contribution in [-0.2, 0) is 11.2 Å². The molecule has 0 fully saturated rings. The van der Waals surface area contributed by atoms with Crippen LogP contribution in [-0.4, -0.2) is 29.6 Å². The first-order valence-corrected chi connectivity index (χ1v) is 4.85. The molecule has 0 aromatic heterocycles. The lowest BCUT2D eigenvalue weighted by molar-refractivity contribution is -0.120. The van der Waals surface area contributed by atoms with Gasteiger partial charge in [0.05, 0.1) is 6.42 Å². The van der Waals surface area contributed by atoms with E-state index in [0.717, 1.165) is 5.56 Å². The van der Waals surface area contributed by atoms with Crippen LogP contribution in [0.1, 0.15) is 12.5 Å². The second kappa shape index (κ2) is 5.53. The smallest absolute Gasteiger partial charge is 0.423 e. The highest BCUT2D eigenvalue weighted by Gasteiger charge is 2.10. The maximum absolute atomic E-state index is 11.2. The monoisotopic (exact) mass is 207 g/mol. The van der Waals surface area contributed by atoms with Crippen molar-refractivity contribution in [3.8, 4) is 0 Å². The van der Waals surface area contributed by atoms with Gasteiger partial charge in [0, 0.05) is 6.54 Å². The standard InChI is InChI=1S/C10H14BNO3/c1-2-12-10(13)7-8-3-5-9(6-4-8)11(14)15/h3-6,14-15H,2,7H2,1H3,(H,12,13). The molecule has 1 aromatic carbocycles. The summed E-state index contributed by atoms with van der Waals surface area (Å²) in [5, 5.41) is 20.4. The molecule has 0 saturated heterocycles. The van der Waals surface area contributed by atoms with E-state index in [1.165, 1.54) is 0 Å². The number of carbonyl (C=O) groups excluding carboxylic acids is 1. The summed E-state index contributed by atoms with van der Waals surface area (Å²) in [6.07, 6.45) is 0.315. The number of carbonyl (C=O) groups is 1. The molecule has 0 spiro atoms. The predicted molar refractivity (Wildman–Crippen MR) is 58.7 cm³/mol. The van der Waals surface area contributed by atoms with Crippen LogP contribution in [0, 0.1) is 0 Å². The SMILES string of the molecule is CCNC(=O)Cc1ccc(B(O)O)cc1. The summed E-state index contributed by atoms with van der Waals surface area (Å²) in [5.74, 6) is -0.0326.